The molecule has 9 heteroatoms. The molecule has 32 heavy (non-hydrogen) atoms. The van der Waals surface area contributed by atoms with E-state index in [4.69, 9.17) is 8.94 Å². The van der Waals surface area contributed by atoms with Gasteiger partial charge in [-0.15, -0.1) is 0 Å². The summed E-state index contributed by atoms with van der Waals surface area (Å²) in [6.07, 6.45) is 5.12. The molecule has 0 spiro atoms. The number of fused-ring (bicyclic) bond motifs is 1. The van der Waals surface area contributed by atoms with Gasteiger partial charge in [0.1, 0.15) is 6.04 Å². The molecule has 0 fully saturated rings. The van der Waals surface area contributed by atoms with Crippen molar-refractivity contribution < 1.29 is 18.5 Å². The average molecular weight is 429 g/mol. The van der Waals surface area contributed by atoms with E-state index in [1.54, 1.807) is 36.7 Å². The Kier molecular flexibility index (Phi) is 5.20. The fourth-order valence-electron chi connectivity index (χ4n) is 3.74. The molecule has 0 bridgehead atoms. The normalized spacial score (nSPS) is 15.2. The predicted molar refractivity (Wildman–Crippen MR) is 112 cm³/mol. The molecule has 0 saturated heterocycles. The number of carbonyl (C=O) groups excluding carboxylic acids is 2. The van der Waals surface area contributed by atoms with Gasteiger partial charge in [0.05, 0.1) is 12.8 Å². The zero-order chi connectivity index (χ0) is 21.9. The Balaban J connectivity index is 1.33. The summed E-state index contributed by atoms with van der Waals surface area (Å²) in [4.78, 5) is 35.9. The fraction of sp³-hybridized carbons (Fsp3) is 0.174. The van der Waals surface area contributed by atoms with Gasteiger partial charge in [-0.1, -0.05) is 29.4 Å². The Morgan fingerprint density at radius 3 is 2.66 bits per heavy atom. The molecule has 4 aromatic rings. The van der Waals surface area contributed by atoms with Crippen LogP contribution in [-0.2, 0) is 24.3 Å². The largest absolute Gasteiger partial charge is 0.459 e. The van der Waals surface area contributed by atoms with E-state index in [1.807, 2.05) is 24.3 Å². The molecule has 160 valence electrons. The van der Waals surface area contributed by atoms with Crippen molar-refractivity contribution in [3.63, 3.8) is 0 Å². The van der Waals surface area contributed by atoms with Crippen molar-refractivity contribution in [1.82, 2.24) is 25.3 Å². The molecule has 1 aliphatic rings. The molecule has 4 heterocycles. The van der Waals surface area contributed by atoms with Crippen molar-refractivity contribution in [2.24, 2.45) is 0 Å². The van der Waals surface area contributed by atoms with Crippen molar-refractivity contribution >= 4 is 11.8 Å². The molecule has 1 aliphatic heterocycles. The molecule has 0 saturated carbocycles. The van der Waals surface area contributed by atoms with Gasteiger partial charge in [-0.3, -0.25) is 14.6 Å². The highest BCUT2D eigenvalue weighted by Gasteiger charge is 2.36. The minimum absolute atomic E-state index is 0.0534. The van der Waals surface area contributed by atoms with Crippen molar-refractivity contribution in [2.45, 2.75) is 25.6 Å². The highest BCUT2D eigenvalue weighted by atomic mass is 16.5. The van der Waals surface area contributed by atoms with Gasteiger partial charge in [-0.25, -0.2) is 0 Å². The minimum atomic E-state index is -0.690. The van der Waals surface area contributed by atoms with Gasteiger partial charge in [0.2, 0.25) is 17.6 Å². The smallest absolute Gasteiger partial charge is 0.290 e. The van der Waals surface area contributed by atoms with E-state index >= 15 is 0 Å². The lowest BCUT2D eigenvalue weighted by Crippen LogP contribution is -2.52. The maximum Gasteiger partial charge on any atom is 0.290 e. The quantitative estimate of drug-likeness (QED) is 0.519. The van der Waals surface area contributed by atoms with E-state index in [-0.39, 0.29) is 30.0 Å². The molecule has 2 amide bonds. The van der Waals surface area contributed by atoms with E-state index in [0.717, 1.165) is 16.7 Å². The highest BCUT2D eigenvalue weighted by Crippen LogP contribution is 2.25. The number of furan rings is 1. The van der Waals surface area contributed by atoms with Gasteiger partial charge in [-0.2, -0.15) is 4.98 Å². The van der Waals surface area contributed by atoms with Gasteiger partial charge >= 0.3 is 0 Å². The Morgan fingerprint density at radius 1 is 1.06 bits per heavy atom. The molecule has 9 nitrogen and oxygen atoms in total. The summed E-state index contributed by atoms with van der Waals surface area (Å²) in [7, 11) is 0. The first-order chi connectivity index (χ1) is 15.7. The first kappa shape index (κ1) is 19.7. The van der Waals surface area contributed by atoms with Crippen molar-refractivity contribution in [3.8, 4) is 11.4 Å². The third-order valence-corrected chi connectivity index (χ3v) is 5.36. The molecule has 1 atom stereocenters. The summed E-state index contributed by atoms with van der Waals surface area (Å²) in [6, 6.07) is 13.9. The lowest BCUT2D eigenvalue weighted by molar-refractivity contribution is -0.126. The average Bonchev–Trinajstić information content (AvgIpc) is 3.54. The van der Waals surface area contributed by atoms with Gasteiger partial charge in [-0.05, 0) is 35.4 Å². The van der Waals surface area contributed by atoms with Gasteiger partial charge in [0.25, 0.3) is 5.91 Å². The fourth-order valence-corrected chi connectivity index (χ4v) is 3.74. The van der Waals surface area contributed by atoms with E-state index in [2.05, 4.69) is 20.4 Å². The van der Waals surface area contributed by atoms with E-state index in [0.29, 0.717) is 18.8 Å². The Labute approximate surface area is 183 Å². The van der Waals surface area contributed by atoms with Crippen LogP contribution in [0, 0.1) is 0 Å². The Hall–Kier alpha value is -4.27. The van der Waals surface area contributed by atoms with Gasteiger partial charge < -0.3 is 19.2 Å². The monoisotopic (exact) mass is 429 g/mol. The van der Waals surface area contributed by atoms with Gasteiger partial charge in [0.15, 0.2) is 5.76 Å². The summed E-state index contributed by atoms with van der Waals surface area (Å²) in [6.45, 7) is 0.373. The summed E-state index contributed by atoms with van der Waals surface area (Å²) in [5, 5.41) is 6.76. The summed E-state index contributed by atoms with van der Waals surface area (Å²) in [5.41, 5.74) is 2.81. The number of pyridine rings is 1. The molecular formula is C23H19N5O4. The second kappa shape index (κ2) is 8.46. The summed E-state index contributed by atoms with van der Waals surface area (Å²) < 4.78 is 10.5. The number of carbonyl (C=O) groups is 2. The van der Waals surface area contributed by atoms with Crippen LogP contribution in [-0.4, -0.2) is 37.9 Å². The second-order valence-corrected chi connectivity index (χ2v) is 7.36. The Morgan fingerprint density at radius 2 is 1.88 bits per heavy atom. The molecule has 1 aromatic carbocycles. The molecule has 0 radical (unpaired) electrons. The first-order valence-corrected chi connectivity index (χ1v) is 10.1. The first-order valence-electron chi connectivity index (χ1n) is 10.1. The van der Waals surface area contributed by atoms with E-state index in [9.17, 15) is 9.59 Å². The van der Waals surface area contributed by atoms with E-state index in [1.165, 1.54) is 11.2 Å². The number of amides is 2. The third kappa shape index (κ3) is 3.87. The van der Waals surface area contributed by atoms with Crippen LogP contribution in [0.15, 0.2) is 76.1 Å². The predicted octanol–water partition coefficient (Wildman–Crippen LogP) is 2.61. The van der Waals surface area contributed by atoms with Crippen LogP contribution in [0.4, 0.5) is 0 Å². The lowest BCUT2D eigenvalue weighted by atomic mass is 9.93. The molecule has 3 aromatic heterocycles. The van der Waals surface area contributed by atoms with Crippen LogP contribution in [0.2, 0.25) is 0 Å². The lowest BCUT2D eigenvalue weighted by Gasteiger charge is -2.35. The number of nitrogens with zero attached hydrogens (tertiary/aromatic N) is 4. The minimum Gasteiger partial charge on any atom is -0.459 e. The zero-order valence-corrected chi connectivity index (χ0v) is 17.0. The van der Waals surface area contributed by atoms with Crippen LogP contribution in [0.5, 0.6) is 0 Å². The molecule has 1 N–H and O–H groups in total. The maximum absolute atomic E-state index is 13.1. The van der Waals surface area contributed by atoms with Crippen LogP contribution < -0.4 is 5.32 Å². The summed E-state index contributed by atoms with van der Waals surface area (Å²) >= 11 is 0. The van der Waals surface area contributed by atoms with Crippen molar-refractivity contribution in [2.75, 3.05) is 0 Å². The Bertz CT molecular complexity index is 1240. The number of nitrogens with one attached hydrogen (secondary N) is 1. The van der Waals surface area contributed by atoms with Gasteiger partial charge in [0, 0.05) is 30.9 Å². The van der Waals surface area contributed by atoms with Crippen LogP contribution in [0.25, 0.3) is 11.4 Å². The molecular weight excluding hydrogens is 410 g/mol. The van der Waals surface area contributed by atoms with Crippen LogP contribution >= 0.6 is 0 Å². The number of hydrogen-bond acceptors (Lipinski definition) is 7. The topological polar surface area (TPSA) is 114 Å². The zero-order valence-electron chi connectivity index (χ0n) is 17.0. The van der Waals surface area contributed by atoms with Crippen LogP contribution in [0.3, 0.4) is 0 Å². The second-order valence-electron chi connectivity index (χ2n) is 7.36. The highest BCUT2D eigenvalue weighted by molar-refractivity contribution is 5.96. The number of rotatable bonds is 5. The van der Waals surface area contributed by atoms with E-state index < -0.39 is 6.04 Å². The van der Waals surface area contributed by atoms with Crippen molar-refractivity contribution in [1.29, 1.82) is 0 Å². The summed E-state index contributed by atoms with van der Waals surface area (Å²) in [5.74, 6) is 0.245. The number of hydrogen-bond donors (Lipinski definition) is 1. The standard InChI is InChI=1S/C23H19N5O4/c29-22(25-13-20-26-21(27-32-20)15-7-9-24-10-8-15)18-12-16-4-1-2-5-17(16)14-28(18)23(30)19-6-3-11-31-19/h1-11,18H,12-14H2,(H,25,29). The number of aromatic nitrogens is 3. The third-order valence-electron chi connectivity index (χ3n) is 5.36. The maximum atomic E-state index is 13.1. The molecule has 1 unspecified atom stereocenters. The SMILES string of the molecule is O=C(NCc1nc(-c2ccncc2)no1)C1Cc2ccccc2CN1C(=O)c1ccco1. The van der Waals surface area contributed by atoms with Crippen molar-refractivity contribution in [3.05, 3.63) is 90.0 Å². The number of benzene rings is 1. The van der Waals surface area contributed by atoms with Crippen LogP contribution in [0.1, 0.15) is 27.6 Å². The molecule has 5 rings (SSSR count). The molecule has 0 aliphatic carbocycles.